The predicted octanol–water partition coefficient (Wildman–Crippen LogP) is 5.12. The summed E-state index contributed by atoms with van der Waals surface area (Å²) in [5.41, 5.74) is 3.21. The predicted molar refractivity (Wildman–Crippen MR) is 151 cm³/mol. The lowest BCUT2D eigenvalue weighted by molar-refractivity contribution is -0.114. The molecule has 2 aliphatic heterocycles. The molecular formula is C31H21N3O5S. The monoisotopic (exact) mass is 547 g/mol. The molecule has 4 aromatic carbocycles. The molecule has 9 heteroatoms. The van der Waals surface area contributed by atoms with E-state index in [2.05, 4.69) is 10.4 Å². The number of benzene rings is 4. The fourth-order valence-electron chi connectivity index (χ4n) is 4.69. The minimum atomic E-state index is -3.96. The maximum atomic E-state index is 13.2. The first-order valence-electron chi connectivity index (χ1n) is 12.3. The first kappa shape index (κ1) is 25.1. The van der Waals surface area contributed by atoms with E-state index in [1.54, 1.807) is 49.4 Å². The van der Waals surface area contributed by atoms with Crippen LogP contribution in [0.15, 0.2) is 118 Å². The number of amides is 2. The lowest BCUT2D eigenvalue weighted by atomic mass is 10.0. The number of nitrogens with one attached hydrogen (secondary N) is 1. The van der Waals surface area contributed by atoms with Gasteiger partial charge in [0, 0.05) is 22.4 Å². The number of para-hydroxylation sites is 1. The van der Waals surface area contributed by atoms with Crippen LogP contribution >= 0.6 is 0 Å². The maximum Gasteiger partial charge on any atom is 0.280 e. The van der Waals surface area contributed by atoms with Crippen LogP contribution in [0.2, 0.25) is 0 Å². The molecule has 0 atom stereocenters. The highest BCUT2D eigenvalue weighted by molar-refractivity contribution is 7.91. The highest BCUT2D eigenvalue weighted by Gasteiger charge is 2.35. The second-order valence-corrected chi connectivity index (χ2v) is 11.2. The Bertz CT molecular complexity index is 1890. The van der Waals surface area contributed by atoms with Crippen LogP contribution in [-0.4, -0.2) is 31.7 Å². The van der Waals surface area contributed by atoms with Crippen LogP contribution in [0, 0.1) is 0 Å². The zero-order valence-corrected chi connectivity index (χ0v) is 22.0. The maximum absolute atomic E-state index is 13.2. The van der Waals surface area contributed by atoms with E-state index in [9.17, 15) is 22.8 Å². The summed E-state index contributed by atoms with van der Waals surface area (Å²) in [5.74, 6) is -1.16. The van der Waals surface area contributed by atoms with Gasteiger partial charge in [0.15, 0.2) is 5.78 Å². The molecule has 2 heterocycles. The summed E-state index contributed by atoms with van der Waals surface area (Å²) in [7, 11) is -3.96. The number of fused-ring (bicyclic) bond motifs is 2. The zero-order chi connectivity index (χ0) is 28.0. The Morgan fingerprint density at radius 2 is 1.50 bits per heavy atom. The number of hydrogen-bond donors (Lipinski definition) is 1. The van der Waals surface area contributed by atoms with Crippen LogP contribution in [0.25, 0.3) is 6.08 Å². The third kappa shape index (κ3) is 4.22. The number of carbonyl (C=O) groups is 3. The van der Waals surface area contributed by atoms with Gasteiger partial charge >= 0.3 is 0 Å². The zero-order valence-electron chi connectivity index (χ0n) is 21.2. The molecule has 2 amide bonds. The second kappa shape index (κ2) is 9.55. The molecule has 0 unspecified atom stereocenters. The van der Waals surface area contributed by atoms with E-state index in [0.29, 0.717) is 22.7 Å². The molecule has 0 saturated heterocycles. The third-order valence-electron chi connectivity index (χ3n) is 6.74. The highest BCUT2D eigenvalue weighted by Crippen LogP contribution is 2.35. The molecule has 8 nitrogen and oxygen atoms in total. The summed E-state index contributed by atoms with van der Waals surface area (Å²) in [5, 5.41) is 8.49. The Hall–Kier alpha value is -5.15. The molecule has 6 rings (SSSR count). The molecule has 0 spiro atoms. The molecule has 0 saturated carbocycles. The van der Waals surface area contributed by atoms with Crippen molar-refractivity contribution in [2.75, 3.05) is 10.3 Å². The lowest BCUT2D eigenvalue weighted by Crippen LogP contribution is -2.21. The summed E-state index contributed by atoms with van der Waals surface area (Å²) >= 11 is 0. The van der Waals surface area contributed by atoms with Crippen LogP contribution in [0.3, 0.4) is 0 Å². The Morgan fingerprint density at radius 1 is 0.825 bits per heavy atom. The Kier molecular flexibility index (Phi) is 6.00. The quantitative estimate of drug-likeness (QED) is 0.314. The molecule has 0 fully saturated rings. The smallest absolute Gasteiger partial charge is 0.280 e. The van der Waals surface area contributed by atoms with Gasteiger partial charge in [0.1, 0.15) is 0 Å². The van der Waals surface area contributed by atoms with Crippen molar-refractivity contribution in [3.63, 3.8) is 0 Å². The van der Waals surface area contributed by atoms with Crippen molar-refractivity contribution in [2.24, 2.45) is 5.10 Å². The van der Waals surface area contributed by atoms with Crippen molar-refractivity contribution in [2.45, 2.75) is 16.7 Å². The van der Waals surface area contributed by atoms with Gasteiger partial charge < -0.3 is 5.32 Å². The number of sulfone groups is 1. The summed E-state index contributed by atoms with van der Waals surface area (Å²) in [6.45, 7) is 1.77. The molecule has 1 N–H and O–H groups in total. The average molecular weight is 548 g/mol. The lowest BCUT2D eigenvalue weighted by Gasteiger charge is -2.19. The molecule has 196 valence electrons. The van der Waals surface area contributed by atoms with Crippen molar-refractivity contribution >= 4 is 50.6 Å². The van der Waals surface area contributed by atoms with E-state index in [-0.39, 0.29) is 32.4 Å². The number of hydrazone groups is 1. The molecular weight excluding hydrogens is 526 g/mol. The van der Waals surface area contributed by atoms with Gasteiger partial charge in [-0.05, 0) is 73.2 Å². The van der Waals surface area contributed by atoms with E-state index in [1.807, 2.05) is 30.3 Å². The Labute approximate surface area is 230 Å². The van der Waals surface area contributed by atoms with Crippen LogP contribution in [0.4, 0.5) is 11.4 Å². The highest BCUT2D eigenvalue weighted by atomic mass is 32.2. The molecule has 0 aromatic heterocycles. The standard InChI is InChI=1S/C31H21N3O5S/c1-19-26(31(37)34(33-19)23-7-3-2-4-8-23)17-20-11-14-22(15-12-20)32-30(36)21-13-16-25-28(18-21)40(38,39)27-10-6-5-9-24(27)29(25)35/h2-18H,1H3,(H,32,36). The molecule has 0 radical (unpaired) electrons. The Balaban J connectivity index is 1.21. The number of rotatable bonds is 4. The molecule has 0 aliphatic carbocycles. The summed E-state index contributed by atoms with van der Waals surface area (Å²) in [4.78, 5) is 38.5. The van der Waals surface area contributed by atoms with Gasteiger partial charge in [-0.3, -0.25) is 14.4 Å². The number of ketones is 1. The summed E-state index contributed by atoms with van der Waals surface area (Å²) in [6.07, 6.45) is 1.74. The van der Waals surface area contributed by atoms with Crippen LogP contribution in [0.5, 0.6) is 0 Å². The summed E-state index contributed by atoms with van der Waals surface area (Å²) in [6, 6.07) is 26.1. The van der Waals surface area contributed by atoms with E-state index in [0.717, 1.165) is 5.56 Å². The fraction of sp³-hybridized carbons (Fsp3) is 0.0323. The Morgan fingerprint density at radius 3 is 2.25 bits per heavy atom. The summed E-state index contributed by atoms with van der Waals surface area (Å²) < 4.78 is 26.4. The van der Waals surface area contributed by atoms with Crippen molar-refractivity contribution in [3.8, 4) is 0 Å². The SMILES string of the molecule is CC1=NN(c2ccccc2)C(=O)C1=Cc1ccc(NC(=O)c2ccc3c(c2)S(=O)(=O)c2ccccc2C3=O)cc1. The van der Waals surface area contributed by atoms with Gasteiger partial charge in [-0.1, -0.05) is 42.5 Å². The molecule has 2 aliphatic rings. The largest absolute Gasteiger partial charge is 0.322 e. The van der Waals surface area contributed by atoms with Gasteiger partial charge in [-0.25, -0.2) is 8.42 Å². The topological polar surface area (TPSA) is 113 Å². The number of hydrogen-bond acceptors (Lipinski definition) is 6. The fourth-order valence-corrected chi connectivity index (χ4v) is 6.36. The van der Waals surface area contributed by atoms with Crippen molar-refractivity contribution in [3.05, 3.63) is 125 Å². The van der Waals surface area contributed by atoms with Crippen LogP contribution < -0.4 is 10.3 Å². The van der Waals surface area contributed by atoms with E-state index in [4.69, 9.17) is 0 Å². The molecule has 40 heavy (non-hydrogen) atoms. The van der Waals surface area contributed by atoms with E-state index >= 15 is 0 Å². The first-order chi connectivity index (χ1) is 19.2. The van der Waals surface area contributed by atoms with Gasteiger partial charge in [0.05, 0.1) is 26.8 Å². The van der Waals surface area contributed by atoms with E-state index < -0.39 is 21.5 Å². The minimum Gasteiger partial charge on any atom is -0.322 e. The van der Waals surface area contributed by atoms with Crippen LogP contribution in [0.1, 0.15) is 38.8 Å². The van der Waals surface area contributed by atoms with Crippen molar-refractivity contribution in [1.29, 1.82) is 0 Å². The van der Waals surface area contributed by atoms with Crippen molar-refractivity contribution < 1.29 is 22.8 Å². The molecule has 0 bridgehead atoms. The average Bonchev–Trinajstić information content (AvgIpc) is 3.25. The van der Waals surface area contributed by atoms with Gasteiger partial charge in [0.25, 0.3) is 11.8 Å². The van der Waals surface area contributed by atoms with Gasteiger partial charge in [-0.15, -0.1) is 0 Å². The van der Waals surface area contributed by atoms with Crippen LogP contribution in [-0.2, 0) is 14.6 Å². The third-order valence-corrected chi connectivity index (χ3v) is 8.59. The van der Waals surface area contributed by atoms with Gasteiger partial charge in [0.2, 0.25) is 9.84 Å². The first-order valence-corrected chi connectivity index (χ1v) is 13.8. The number of carbonyl (C=O) groups excluding carboxylic acids is 3. The van der Waals surface area contributed by atoms with E-state index in [1.165, 1.54) is 35.3 Å². The normalized spacial score (nSPS) is 16.4. The van der Waals surface area contributed by atoms with Crippen molar-refractivity contribution in [1.82, 2.24) is 0 Å². The minimum absolute atomic E-state index is 0.0405. The molecule has 4 aromatic rings. The second-order valence-electron chi connectivity index (χ2n) is 9.31. The van der Waals surface area contributed by atoms with Gasteiger partial charge in [-0.2, -0.15) is 10.1 Å². The number of nitrogens with zero attached hydrogens (tertiary/aromatic N) is 2. The number of anilines is 2.